The van der Waals surface area contributed by atoms with E-state index in [4.69, 9.17) is 0 Å². The largest absolute Gasteiger partial charge is 0.152 e. The van der Waals surface area contributed by atoms with Gasteiger partial charge in [-0.05, 0) is 109 Å². The first-order valence-electron chi connectivity index (χ1n) is 17.5. The topological polar surface area (TPSA) is 0 Å². The van der Waals surface area contributed by atoms with E-state index in [1.807, 2.05) is 23.5 Å². The Morgan fingerprint density at radius 2 is 0.620 bits per heavy atom. The van der Waals surface area contributed by atoms with Crippen molar-refractivity contribution in [2.75, 3.05) is 0 Å². The molecule has 0 saturated carbocycles. The quantitative estimate of drug-likeness (QED) is 0.168. The van der Waals surface area contributed by atoms with Gasteiger partial charge in [-0.25, -0.2) is 0 Å². The maximum absolute atomic E-state index is 2.45. The predicted molar refractivity (Wildman–Crippen MR) is 221 cm³/mol. The molecule has 50 heavy (non-hydrogen) atoms. The normalized spacial score (nSPS) is 13.9. The van der Waals surface area contributed by atoms with Crippen molar-refractivity contribution in [1.29, 1.82) is 0 Å². The van der Waals surface area contributed by atoms with Crippen molar-refractivity contribution in [1.82, 2.24) is 0 Å². The van der Waals surface area contributed by atoms with Gasteiger partial charge in [0, 0.05) is 23.0 Å². The van der Waals surface area contributed by atoms with Crippen LogP contribution in [0.3, 0.4) is 0 Å². The van der Waals surface area contributed by atoms with Crippen LogP contribution < -0.4 is 0 Å². The fourth-order valence-electron chi connectivity index (χ4n) is 8.72. The molecule has 4 bridgehead atoms. The zero-order valence-electron chi connectivity index (χ0n) is 27.5. The van der Waals surface area contributed by atoms with Crippen molar-refractivity contribution in [2.45, 2.75) is 23.0 Å². The summed E-state index contributed by atoms with van der Waals surface area (Å²) < 4.78 is 0. The summed E-state index contributed by atoms with van der Waals surface area (Å²) in [5.41, 5.74) is 11.0. The second-order valence-corrected chi connectivity index (χ2v) is 16.0. The average Bonchev–Trinajstić information content (AvgIpc) is 3.15. The molecule has 11 rings (SSSR count). The Labute approximate surface area is 299 Å². The first-order valence-corrected chi connectivity index (χ1v) is 19.8. The molecule has 0 nitrogen and oxygen atoms in total. The minimum absolute atomic E-state index is 0.996. The van der Waals surface area contributed by atoms with Gasteiger partial charge in [-0.1, -0.05) is 146 Å². The third kappa shape index (κ3) is 4.55. The predicted octanol–water partition coefficient (Wildman–Crippen LogP) is 14.0. The Morgan fingerprint density at radius 1 is 0.300 bits per heavy atom. The molecule has 0 unspecified atom stereocenters. The first kappa shape index (κ1) is 28.8. The molecule has 0 aliphatic carbocycles. The molecular formula is C48H32S2. The Morgan fingerprint density at radius 3 is 1.00 bits per heavy atom. The lowest BCUT2D eigenvalue weighted by atomic mass is 9.89. The van der Waals surface area contributed by atoms with Crippen LogP contribution in [-0.2, 0) is 23.0 Å². The summed E-state index contributed by atoms with van der Waals surface area (Å²) in [5.74, 6) is 3.98. The summed E-state index contributed by atoms with van der Waals surface area (Å²) in [7, 11) is 0. The number of fused-ring (bicyclic) bond motifs is 4. The molecule has 1 aliphatic rings. The van der Waals surface area contributed by atoms with Crippen molar-refractivity contribution in [3.8, 4) is 22.3 Å². The van der Waals surface area contributed by atoms with Gasteiger partial charge in [0.05, 0.1) is 0 Å². The van der Waals surface area contributed by atoms with E-state index in [2.05, 4.69) is 146 Å². The summed E-state index contributed by atoms with van der Waals surface area (Å²) in [4.78, 5) is 0. The lowest BCUT2D eigenvalue weighted by Crippen LogP contribution is -1.95. The van der Waals surface area contributed by atoms with Crippen LogP contribution in [0.25, 0.3) is 86.9 Å². The molecule has 1 aliphatic heterocycles. The Hall–Kier alpha value is -5.02. The van der Waals surface area contributed by atoms with Crippen LogP contribution in [0.15, 0.2) is 146 Å². The molecule has 10 aromatic carbocycles. The third-order valence-corrected chi connectivity index (χ3v) is 13.0. The smallest absolute Gasteiger partial charge is 0.0188 e. The Balaban J connectivity index is 0.966. The zero-order chi connectivity index (χ0) is 32.8. The molecular weight excluding hydrogens is 641 g/mol. The van der Waals surface area contributed by atoms with Gasteiger partial charge in [-0.15, -0.1) is 0 Å². The third-order valence-electron chi connectivity index (χ3n) is 10.9. The summed E-state index contributed by atoms with van der Waals surface area (Å²) in [6.45, 7) is 0. The monoisotopic (exact) mass is 672 g/mol. The Kier molecular flexibility index (Phi) is 6.48. The van der Waals surface area contributed by atoms with Gasteiger partial charge in [0.1, 0.15) is 0 Å². The van der Waals surface area contributed by atoms with E-state index >= 15 is 0 Å². The SMILES string of the molecule is c1cc2ccc3ccc(-c4cc5cc(c4)CSCc4cc(cc(-c6ccc7ccc8cccc9ccc6c7c89)c4)CSC5)c4ccc(c1)c2c34. The Bertz CT molecular complexity index is 2660. The average molecular weight is 673 g/mol. The molecule has 2 heteroatoms. The van der Waals surface area contributed by atoms with Gasteiger partial charge in [0.25, 0.3) is 0 Å². The van der Waals surface area contributed by atoms with E-state index in [0.29, 0.717) is 0 Å². The van der Waals surface area contributed by atoms with Crippen LogP contribution in [0.1, 0.15) is 22.3 Å². The van der Waals surface area contributed by atoms with Gasteiger partial charge >= 0.3 is 0 Å². The number of benzene rings is 10. The van der Waals surface area contributed by atoms with Crippen molar-refractivity contribution >= 4 is 88.2 Å². The molecule has 10 aromatic rings. The number of hydrogen-bond acceptors (Lipinski definition) is 2. The van der Waals surface area contributed by atoms with Gasteiger partial charge < -0.3 is 0 Å². The number of hydrogen-bond donors (Lipinski definition) is 0. The molecule has 0 spiro atoms. The van der Waals surface area contributed by atoms with Gasteiger partial charge in [-0.2, -0.15) is 23.5 Å². The molecule has 0 radical (unpaired) electrons. The molecule has 0 atom stereocenters. The highest BCUT2D eigenvalue weighted by atomic mass is 32.2. The van der Waals surface area contributed by atoms with E-state index in [1.165, 1.54) is 109 Å². The minimum Gasteiger partial charge on any atom is -0.152 e. The minimum atomic E-state index is 0.996. The second-order valence-electron chi connectivity index (χ2n) is 14.0. The van der Waals surface area contributed by atoms with Gasteiger partial charge in [0.2, 0.25) is 0 Å². The molecule has 0 N–H and O–H groups in total. The molecule has 0 aromatic heterocycles. The second kappa shape index (κ2) is 11.3. The van der Waals surface area contributed by atoms with E-state index in [1.54, 1.807) is 0 Å². The molecule has 0 saturated heterocycles. The zero-order valence-corrected chi connectivity index (χ0v) is 29.1. The summed E-state index contributed by atoms with van der Waals surface area (Å²) in [5, 5.41) is 16.2. The lowest BCUT2D eigenvalue weighted by Gasteiger charge is -2.17. The highest BCUT2D eigenvalue weighted by Gasteiger charge is 2.16. The summed E-state index contributed by atoms with van der Waals surface area (Å²) in [6.07, 6.45) is 0. The van der Waals surface area contributed by atoms with E-state index in [0.717, 1.165) is 23.0 Å². The lowest BCUT2D eigenvalue weighted by molar-refractivity contribution is 1.28. The van der Waals surface area contributed by atoms with E-state index in [9.17, 15) is 0 Å². The number of thioether (sulfide) groups is 2. The first-order chi connectivity index (χ1) is 24.7. The van der Waals surface area contributed by atoms with Crippen molar-refractivity contribution < 1.29 is 0 Å². The highest BCUT2D eigenvalue weighted by molar-refractivity contribution is 7.98. The van der Waals surface area contributed by atoms with Crippen LogP contribution in [0.4, 0.5) is 0 Å². The molecule has 236 valence electrons. The molecule has 1 heterocycles. The van der Waals surface area contributed by atoms with Crippen molar-refractivity contribution in [3.63, 3.8) is 0 Å². The van der Waals surface area contributed by atoms with Gasteiger partial charge in [-0.3, -0.25) is 0 Å². The van der Waals surface area contributed by atoms with Crippen molar-refractivity contribution in [3.05, 3.63) is 168 Å². The molecule has 0 amide bonds. The van der Waals surface area contributed by atoms with E-state index < -0.39 is 0 Å². The standard InChI is InChI=1S/C48H32S2/c1-3-33-7-9-37-11-15-41(43-17-13-35(5-1)45(33)47(37)43)39-21-29-19-30(22-39)26-50-28-32-20-31(27-49-25-29)23-40(24-32)42-16-12-38-10-8-34-4-2-6-36-14-18-44(42)48(38)46(34)36/h1-24H,25-28H2. The fourth-order valence-corrected chi connectivity index (χ4v) is 10.5. The van der Waals surface area contributed by atoms with Crippen molar-refractivity contribution in [2.24, 2.45) is 0 Å². The van der Waals surface area contributed by atoms with Crippen LogP contribution >= 0.6 is 23.5 Å². The number of rotatable bonds is 2. The summed E-state index contributed by atoms with van der Waals surface area (Å²) in [6, 6.07) is 55.8. The van der Waals surface area contributed by atoms with Crippen LogP contribution in [0, 0.1) is 0 Å². The highest BCUT2D eigenvalue weighted by Crippen LogP contribution is 2.42. The maximum Gasteiger partial charge on any atom is 0.0188 e. The van der Waals surface area contributed by atoms with Crippen LogP contribution in [0.2, 0.25) is 0 Å². The van der Waals surface area contributed by atoms with Crippen LogP contribution in [-0.4, -0.2) is 0 Å². The maximum atomic E-state index is 2.45. The van der Waals surface area contributed by atoms with Gasteiger partial charge in [0.15, 0.2) is 0 Å². The molecule has 0 fully saturated rings. The van der Waals surface area contributed by atoms with Crippen LogP contribution in [0.5, 0.6) is 0 Å². The summed E-state index contributed by atoms with van der Waals surface area (Å²) >= 11 is 4.06. The van der Waals surface area contributed by atoms with E-state index in [-0.39, 0.29) is 0 Å². The fraction of sp³-hybridized carbons (Fsp3) is 0.0833.